The number of aromatic nitrogens is 1. The molecule has 0 aliphatic carbocycles. The molecule has 0 spiro atoms. The lowest BCUT2D eigenvalue weighted by Crippen LogP contribution is -2.41. The summed E-state index contributed by atoms with van der Waals surface area (Å²) in [4.78, 5) is 23.2. The van der Waals surface area contributed by atoms with E-state index in [4.69, 9.17) is 0 Å². The first-order valence-electron chi connectivity index (χ1n) is 8.52. The van der Waals surface area contributed by atoms with E-state index in [-0.39, 0.29) is 5.91 Å². The van der Waals surface area contributed by atoms with Gasteiger partial charge in [0.15, 0.2) is 0 Å². The van der Waals surface area contributed by atoms with Crippen molar-refractivity contribution in [2.24, 2.45) is 0 Å². The van der Waals surface area contributed by atoms with Gasteiger partial charge in [0.05, 0.1) is 5.56 Å². The number of nitrogens with zero attached hydrogens (tertiary/aromatic N) is 3. The van der Waals surface area contributed by atoms with E-state index < -0.39 is 0 Å². The topological polar surface area (TPSA) is 36.4 Å². The molecule has 0 saturated carbocycles. The Morgan fingerprint density at radius 2 is 1.79 bits per heavy atom. The molecule has 0 N–H and O–H groups in total. The highest BCUT2D eigenvalue weighted by Crippen LogP contribution is 2.31. The molecule has 2 bridgehead atoms. The van der Waals surface area contributed by atoms with E-state index in [2.05, 4.69) is 14.8 Å². The summed E-state index contributed by atoms with van der Waals surface area (Å²) in [6, 6.07) is 14.2. The molecule has 1 aromatic carbocycles. The van der Waals surface area contributed by atoms with Crippen molar-refractivity contribution in [2.75, 3.05) is 26.2 Å². The molecule has 3 aliphatic heterocycles. The van der Waals surface area contributed by atoms with E-state index in [9.17, 15) is 4.79 Å². The summed E-state index contributed by atoms with van der Waals surface area (Å²) >= 11 is 1.56. The third kappa shape index (κ3) is 3.19. The van der Waals surface area contributed by atoms with Gasteiger partial charge in [0, 0.05) is 43.3 Å². The fourth-order valence-corrected chi connectivity index (χ4v) is 4.46. The molecular formula is C19H21N3OS. The highest BCUT2D eigenvalue weighted by molar-refractivity contribution is 7.99. The fraction of sp³-hybridized carbons (Fsp3) is 0.368. The quantitative estimate of drug-likeness (QED) is 0.861. The van der Waals surface area contributed by atoms with Gasteiger partial charge in [0.1, 0.15) is 5.03 Å². The normalized spacial score (nSPS) is 23.1. The Hall–Kier alpha value is -1.85. The summed E-state index contributed by atoms with van der Waals surface area (Å²) < 4.78 is 0. The van der Waals surface area contributed by atoms with Crippen molar-refractivity contribution in [3.05, 3.63) is 54.2 Å². The summed E-state index contributed by atoms with van der Waals surface area (Å²) in [6.07, 6.45) is 3.98. The number of rotatable bonds is 3. The summed E-state index contributed by atoms with van der Waals surface area (Å²) in [7, 11) is 0. The number of hydrogen-bond acceptors (Lipinski definition) is 4. The molecule has 5 heteroatoms. The molecule has 3 saturated heterocycles. The minimum absolute atomic E-state index is 0.169. The van der Waals surface area contributed by atoms with Crippen LogP contribution >= 0.6 is 11.8 Å². The number of carbonyl (C=O) groups is 1. The SMILES string of the molecule is O=C(c1ccccc1Sc1ccccn1)N1CCN2CCC1CC2. The van der Waals surface area contributed by atoms with Gasteiger partial charge < -0.3 is 9.80 Å². The summed E-state index contributed by atoms with van der Waals surface area (Å²) in [5.41, 5.74) is 0.800. The molecule has 2 aromatic rings. The van der Waals surface area contributed by atoms with Crippen molar-refractivity contribution in [3.8, 4) is 0 Å². The zero-order valence-electron chi connectivity index (χ0n) is 13.6. The van der Waals surface area contributed by atoms with Crippen molar-refractivity contribution in [1.29, 1.82) is 0 Å². The number of fused-ring (bicyclic) bond motifs is 4. The molecular weight excluding hydrogens is 318 g/mol. The average Bonchev–Trinajstić information content (AvgIpc) is 2.96. The first kappa shape index (κ1) is 15.7. The van der Waals surface area contributed by atoms with Crippen LogP contribution in [-0.2, 0) is 0 Å². The average molecular weight is 339 g/mol. The number of amides is 1. The first-order valence-corrected chi connectivity index (χ1v) is 9.34. The van der Waals surface area contributed by atoms with Crippen molar-refractivity contribution < 1.29 is 4.79 Å². The second-order valence-corrected chi connectivity index (χ2v) is 7.40. The lowest BCUT2D eigenvalue weighted by atomic mass is 10.0. The first-order chi connectivity index (χ1) is 11.8. The van der Waals surface area contributed by atoms with Crippen LogP contribution in [0.3, 0.4) is 0 Å². The molecule has 0 radical (unpaired) electrons. The smallest absolute Gasteiger partial charge is 0.255 e. The molecule has 3 fully saturated rings. The fourth-order valence-electron chi connectivity index (χ4n) is 3.56. The van der Waals surface area contributed by atoms with Crippen molar-refractivity contribution in [1.82, 2.24) is 14.8 Å². The van der Waals surface area contributed by atoms with Crippen LogP contribution in [0.1, 0.15) is 23.2 Å². The molecule has 4 heterocycles. The van der Waals surface area contributed by atoms with Gasteiger partial charge in [-0.3, -0.25) is 4.79 Å². The molecule has 5 rings (SSSR count). The lowest BCUT2D eigenvalue weighted by Gasteiger charge is -2.31. The highest BCUT2D eigenvalue weighted by atomic mass is 32.2. The van der Waals surface area contributed by atoms with E-state index in [0.29, 0.717) is 6.04 Å². The van der Waals surface area contributed by atoms with Gasteiger partial charge in [-0.15, -0.1) is 0 Å². The standard InChI is InChI=1S/C19H21N3OS/c23-19(22-14-13-21-11-8-15(22)9-12-21)16-5-1-2-6-17(16)24-18-7-3-4-10-20-18/h1-7,10,15H,8-9,11-14H2. The van der Waals surface area contributed by atoms with Gasteiger partial charge in [-0.05, 0) is 37.1 Å². The van der Waals surface area contributed by atoms with Crippen molar-refractivity contribution in [2.45, 2.75) is 28.8 Å². The minimum atomic E-state index is 0.169. The van der Waals surface area contributed by atoms with Crippen LogP contribution in [0.2, 0.25) is 0 Å². The molecule has 0 atom stereocenters. The number of benzene rings is 1. The number of carbonyl (C=O) groups excluding carboxylic acids is 1. The molecule has 4 nitrogen and oxygen atoms in total. The van der Waals surface area contributed by atoms with E-state index in [1.807, 2.05) is 42.5 Å². The van der Waals surface area contributed by atoms with Crippen LogP contribution in [0.25, 0.3) is 0 Å². The van der Waals surface area contributed by atoms with Crippen LogP contribution < -0.4 is 0 Å². The zero-order valence-corrected chi connectivity index (χ0v) is 14.4. The Kier molecular flexibility index (Phi) is 4.54. The van der Waals surface area contributed by atoms with Gasteiger partial charge in [0.2, 0.25) is 0 Å². The Morgan fingerprint density at radius 3 is 2.58 bits per heavy atom. The van der Waals surface area contributed by atoms with Crippen LogP contribution in [0.5, 0.6) is 0 Å². The van der Waals surface area contributed by atoms with Crippen LogP contribution in [-0.4, -0.2) is 52.9 Å². The lowest BCUT2D eigenvalue weighted by molar-refractivity contribution is 0.0681. The van der Waals surface area contributed by atoms with E-state index in [1.165, 1.54) is 0 Å². The second-order valence-electron chi connectivity index (χ2n) is 6.34. The zero-order chi connectivity index (χ0) is 16.4. The maximum atomic E-state index is 13.2. The van der Waals surface area contributed by atoms with E-state index in [0.717, 1.165) is 54.5 Å². The molecule has 24 heavy (non-hydrogen) atoms. The third-order valence-electron chi connectivity index (χ3n) is 4.89. The number of piperidine rings is 1. The maximum absolute atomic E-state index is 13.2. The van der Waals surface area contributed by atoms with E-state index in [1.54, 1.807) is 18.0 Å². The molecule has 1 aromatic heterocycles. The van der Waals surface area contributed by atoms with Gasteiger partial charge in [0.25, 0.3) is 5.91 Å². The van der Waals surface area contributed by atoms with E-state index >= 15 is 0 Å². The van der Waals surface area contributed by atoms with Gasteiger partial charge in [-0.2, -0.15) is 0 Å². The minimum Gasteiger partial charge on any atom is -0.334 e. The highest BCUT2D eigenvalue weighted by Gasteiger charge is 2.33. The molecule has 124 valence electrons. The predicted octanol–water partition coefficient (Wildman–Crippen LogP) is 3.15. The Bertz CT molecular complexity index is 714. The van der Waals surface area contributed by atoms with Crippen molar-refractivity contribution >= 4 is 17.7 Å². The Morgan fingerprint density at radius 1 is 1.00 bits per heavy atom. The maximum Gasteiger partial charge on any atom is 0.255 e. The number of pyridine rings is 1. The summed E-state index contributed by atoms with van der Waals surface area (Å²) in [5, 5.41) is 0.917. The van der Waals surface area contributed by atoms with Crippen molar-refractivity contribution in [3.63, 3.8) is 0 Å². The third-order valence-corrected chi connectivity index (χ3v) is 5.91. The number of hydrogen-bond donors (Lipinski definition) is 0. The van der Waals surface area contributed by atoms with Gasteiger partial charge in [-0.25, -0.2) is 4.98 Å². The second kappa shape index (κ2) is 6.95. The van der Waals surface area contributed by atoms with Gasteiger partial charge >= 0.3 is 0 Å². The molecule has 1 amide bonds. The van der Waals surface area contributed by atoms with Crippen LogP contribution in [0.4, 0.5) is 0 Å². The summed E-state index contributed by atoms with van der Waals surface area (Å²) in [6.45, 7) is 4.08. The molecule has 3 aliphatic rings. The van der Waals surface area contributed by atoms with Crippen LogP contribution in [0, 0.1) is 0 Å². The summed E-state index contributed by atoms with van der Waals surface area (Å²) in [5.74, 6) is 0.169. The van der Waals surface area contributed by atoms with Crippen LogP contribution in [0.15, 0.2) is 58.6 Å². The Labute approximate surface area is 146 Å². The van der Waals surface area contributed by atoms with Gasteiger partial charge in [-0.1, -0.05) is 30.0 Å². The Balaban J connectivity index is 1.60. The largest absolute Gasteiger partial charge is 0.334 e. The molecule has 0 unspecified atom stereocenters. The monoisotopic (exact) mass is 339 g/mol. The predicted molar refractivity (Wildman–Crippen MR) is 95.3 cm³/mol.